The van der Waals surface area contributed by atoms with Gasteiger partial charge in [-0.1, -0.05) is 26.0 Å². The molecule has 29 heavy (non-hydrogen) atoms. The highest BCUT2D eigenvalue weighted by Gasteiger charge is 2.23. The van der Waals surface area contributed by atoms with Crippen LogP contribution in [0.25, 0.3) is 0 Å². The standard InChI is InChI=1S/C19H23N3O6S/c1-4-21(5-2)29(26,27)16-12-10-15(11-13-16)20-19(23)14(3)28-18-9-7-6-8-17(18)22(24)25/h6-14H,4-5H2,1-3H3,(H,20,23). The molecule has 2 aromatic carbocycles. The van der Waals surface area contributed by atoms with E-state index < -0.39 is 27.0 Å². The highest BCUT2D eigenvalue weighted by atomic mass is 32.2. The van der Waals surface area contributed by atoms with Gasteiger partial charge in [0.25, 0.3) is 5.91 Å². The molecule has 2 aromatic rings. The Balaban J connectivity index is 2.09. The molecule has 0 heterocycles. The van der Waals surface area contributed by atoms with Crippen LogP contribution in [0.2, 0.25) is 0 Å². The number of rotatable bonds is 9. The summed E-state index contributed by atoms with van der Waals surface area (Å²) in [7, 11) is -3.58. The Labute approximate surface area is 169 Å². The molecule has 0 saturated heterocycles. The summed E-state index contributed by atoms with van der Waals surface area (Å²) in [6, 6.07) is 11.6. The molecule has 0 aliphatic carbocycles. The number of amides is 1. The average Bonchev–Trinajstić information content (AvgIpc) is 2.69. The lowest BCUT2D eigenvalue weighted by Gasteiger charge is -2.19. The maximum atomic E-state index is 12.5. The molecule has 9 nitrogen and oxygen atoms in total. The van der Waals surface area contributed by atoms with Crippen molar-refractivity contribution in [3.05, 3.63) is 58.6 Å². The number of nitrogens with zero attached hydrogens (tertiary/aromatic N) is 2. The number of benzene rings is 2. The van der Waals surface area contributed by atoms with E-state index in [0.717, 1.165) is 0 Å². The van der Waals surface area contributed by atoms with Crippen LogP contribution < -0.4 is 10.1 Å². The molecule has 0 spiro atoms. The van der Waals surface area contributed by atoms with Crippen LogP contribution in [0.4, 0.5) is 11.4 Å². The number of nitro groups is 1. The van der Waals surface area contributed by atoms with Gasteiger partial charge in [-0.15, -0.1) is 0 Å². The molecule has 1 unspecified atom stereocenters. The van der Waals surface area contributed by atoms with Crippen molar-refractivity contribution in [2.75, 3.05) is 18.4 Å². The molecule has 1 N–H and O–H groups in total. The second-order valence-electron chi connectivity index (χ2n) is 6.09. The number of nitrogens with one attached hydrogen (secondary N) is 1. The summed E-state index contributed by atoms with van der Waals surface area (Å²) in [4.78, 5) is 22.9. The number of para-hydroxylation sites is 2. The second kappa shape index (κ2) is 9.48. The fourth-order valence-corrected chi connectivity index (χ4v) is 4.08. The number of carbonyl (C=O) groups is 1. The van der Waals surface area contributed by atoms with Crippen molar-refractivity contribution in [1.29, 1.82) is 0 Å². The SMILES string of the molecule is CCN(CC)S(=O)(=O)c1ccc(NC(=O)C(C)Oc2ccccc2[N+](=O)[O-])cc1. The van der Waals surface area contributed by atoms with Gasteiger partial charge in [0.15, 0.2) is 11.9 Å². The first kappa shape index (κ1) is 22.3. The molecule has 0 aliphatic heterocycles. The third-order valence-electron chi connectivity index (χ3n) is 4.20. The van der Waals surface area contributed by atoms with Crippen molar-refractivity contribution < 1.29 is 22.9 Å². The van der Waals surface area contributed by atoms with E-state index in [0.29, 0.717) is 18.8 Å². The van der Waals surface area contributed by atoms with Crippen molar-refractivity contribution in [3.8, 4) is 5.75 Å². The molecule has 10 heteroatoms. The third-order valence-corrected chi connectivity index (χ3v) is 6.26. The van der Waals surface area contributed by atoms with Crippen LogP contribution in [0.15, 0.2) is 53.4 Å². The molecule has 0 radical (unpaired) electrons. The maximum absolute atomic E-state index is 12.5. The van der Waals surface area contributed by atoms with Crippen LogP contribution in [0.5, 0.6) is 5.75 Å². The lowest BCUT2D eigenvalue weighted by atomic mass is 10.2. The minimum absolute atomic E-state index is 0.0131. The van der Waals surface area contributed by atoms with Gasteiger partial charge >= 0.3 is 5.69 Å². The second-order valence-corrected chi connectivity index (χ2v) is 8.03. The van der Waals surface area contributed by atoms with E-state index in [-0.39, 0.29) is 16.3 Å². The topological polar surface area (TPSA) is 119 Å². The third kappa shape index (κ3) is 5.30. The predicted octanol–water partition coefficient (Wildman–Crippen LogP) is 3.03. The summed E-state index contributed by atoms with van der Waals surface area (Å²) in [5.41, 5.74) is 0.143. The highest BCUT2D eigenvalue weighted by molar-refractivity contribution is 7.89. The van der Waals surface area contributed by atoms with Crippen LogP contribution >= 0.6 is 0 Å². The van der Waals surface area contributed by atoms with Gasteiger partial charge < -0.3 is 10.1 Å². The first-order valence-electron chi connectivity index (χ1n) is 9.01. The Morgan fingerprint density at radius 1 is 1.14 bits per heavy atom. The zero-order valence-electron chi connectivity index (χ0n) is 16.4. The summed E-state index contributed by atoms with van der Waals surface area (Å²) in [6.45, 7) is 5.70. The summed E-state index contributed by atoms with van der Waals surface area (Å²) in [6.07, 6.45) is -1.00. The van der Waals surface area contributed by atoms with Crippen molar-refractivity contribution in [2.24, 2.45) is 0 Å². The number of anilines is 1. The molecular formula is C19H23N3O6S. The number of carbonyl (C=O) groups excluding carboxylic acids is 1. The van der Waals surface area contributed by atoms with E-state index in [4.69, 9.17) is 4.74 Å². The summed E-state index contributed by atoms with van der Waals surface area (Å²) < 4.78 is 31.7. The quantitative estimate of drug-likeness (QED) is 0.491. The van der Waals surface area contributed by atoms with Gasteiger partial charge in [0.2, 0.25) is 10.0 Å². The van der Waals surface area contributed by atoms with Gasteiger partial charge in [-0.2, -0.15) is 4.31 Å². The highest BCUT2D eigenvalue weighted by Crippen LogP contribution is 2.27. The minimum atomic E-state index is -3.58. The largest absolute Gasteiger partial charge is 0.474 e. The monoisotopic (exact) mass is 421 g/mol. The van der Waals surface area contributed by atoms with Crippen LogP contribution in [0.1, 0.15) is 20.8 Å². The van der Waals surface area contributed by atoms with Gasteiger partial charge in [-0.25, -0.2) is 8.42 Å². The first-order chi connectivity index (χ1) is 13.7. The summed E-state index contributed by atoms with van der Waals surface area (Å²) in [5.74, 6) is -0.539. The molecule has 156 valence electrons. The maximum Gasteiger partial charge on any atom is 0.310 e. The van der Waals surface area contributed by atoms with Crippen LogP contribution in [-0.4, -0.2) is 42.7 Å². The fraction of sp³-hybridized carbons (Fsp3) is 0.316. The molecule has 0 bridgehead atoms. The zero-order chi connectivity index (χ0) is 21.6. The van der Waals surface area contributed by atoms with Gasteiger partial charge in [-0.3, -0.25) is 14.9 Å². The Bertz CT molecular complexity index is 972. The molecule has 0 aliphatic rings. The summed E-state index contributed by atoms with van der Waals surface area (Å²) >= 11 is 0. The van der Waals surface area contributed by atoms with Crippen LogP contribution in [0.3, 0.4) is 0 Å². The lowest BCUT2D eigenvalue weighted by molar-refractivity contribution is -0.386. The van der Waals surface area contributed by atoms with E-state index in [2.05, 4.69) is 5.32 Å². The number of hydrogen-bond acceptors (Lipinski definition) is 6. The van der Waals surface area contributed by atoms with E-state index in [1.54, 1.807) is 19.9 Å². The minimum Gasteiger partial charge on any atom is -0.474 e. The van der Waals surface area contributed by atoms with Gasteiger partial charge in [0.05, 0.1) is 9.82 Å². The molecular weight excluding hydrogens is 398 g/mol. The Morgan fingerprint density at radius 3 is 2.28 bits per heavy atom. The molecule has 1 amide bonds. The van der Waals surface area contributed by atoms with Crippen LogP contribution in [0, 0.1) is 10.1 Å². The van der Waals surface area contributed by atoms with Crippen molar-refractivity contribution in [1.82, 2.24) is 4.31 Å². The van der Waals surface area contributed by atoms with Gasteiger partial charge in [-0.05, 0) is 37.3 Å². The Kier molecular flexibility index (Phi) is 7.29. The van der Waals surface area contributed by atoms with E-state index >= 15 is 0 Å². The van der Waals surface area contributed by atoms with E-state index in [1.165, 1.54) is 53.7 Å². The number of nitro benzene ring substituents is 1. The van der Waals surface area contributed by atoms with Gasteiger partial charge in [0, 0.05) is 24.8 Å². The van der Waals surface area contributed by atoms with Crippen molar-refractivity contribution >= 4 is 27.3 Å². The molecule has 1 atom stereocenters. The molecule has 0 aromatic heterocycles. The smallest absolute Gasteiger partial charge is 0.310 e. The normalized spacial score (nSPS) is 12.4. The number of ether oxygens (including phenoxy) is 1. The summed E-state index contributed by atoms with van der Waals surface area (Å²) in [5, 5.41) is 13.6. The van der Waals surface area contributed by atoms with Crippen LogP contribution in [-0.2, 0) is 14.8 Å². The van der Waals surface area contributed by atoms with Gasteiger partial charge in [0.1, 0.15) is 0 Å². The van der Waals surface area contributed by atoms with E-state index in [1.807, 2.05) is 0 Å². The number of hydrogen-bond donors (Lipinski definition) is 1. The first-order valence-corrected chi connectivity index (χ1v) is 10.5. The van der Waals surface area contributed by atoms with E-state index in [9.17, 15) is 23.3 Å². The lowest BCUT2D eigenvalue weighted by Crippen LogP contribution is -2.31. The Morgan fingerprint density at radius 2 is 1.72 bits per heavy atom. The number of sulfonamides is 1. The van der Waals surface area contributed by atoms with Crippen molar-refractivity contribution in [3.63, 3.8) is 0 Å². The molecule has 2 rings (SSSR count). The Hall–Kier alpha value is -2.98. The predicted molar refractivity (Wildman–Crippen MR) is 108 cm³/mol. The molecule has 0 saturated carbocycles. The average molecular weight is 421 g/mol. The fourth-order valence-electron chi connectivity index (χ4n) is 2.62. The zero-order valence-corrected chi connectivity index (χ0v) is 17.2. The van der Waals surface area contributed by atoms with Crippen molar-refractivity contribution in [2.45, 2.75) is 31.8 Å². The molecule has 0 fully saturated rings.